The van der Waals surface area contributed by atoms with Crippen LogP contribution in [0.15, 0.2) is 36.8 Å². The van der Waals surface area contributed by atoms with E-state index in [9.17, 15) is 19.5 Å². The van der Waals surface area contributed by atoms with Crippen molar-refractivity contribution in [3.05, 3.63) is 53.6 Å². The fourth-order valence-electron chi connectivity index (χ4n) is 3.23. The number of carboxylic acid groups (broad SMARTS) is 1. The van der Waals surface area contributed by atoms with Crippen LogP contribution in [0.3, 0.4) is 0 Å². The third kappa shape index (κ3) is 3.58. The van der Waals surface area contributed by atoms with E-state index in [0.29, 0.717) is 24.8 Å². The van der Waals surface area contributed by atoms with Gasteiger partial charge in [-0.2, -0.15) is 0 Å². The standard InChI is InChI=1S/C18H19N3O5/c1-26-18(25)12-4-2-11(3-5-12)8-14(13-6-7-16(22)20-13)21-10-19-9-15(21)17(23)24/h2-5,9-10,13-14H,6-8H2,1H3,(H,20,22)(H,23,24)/t13-,14?/m0/s1. The van der Waals surface area contributed by atoms with Gasteiger partial charge in [-0.15, -0.1) is 0 Å². The molecule has 26 heavy (non-hydrogen) atoms. The second kappa shape index (κ2) is 7.38. The first-order valence-corrected chi connectivity index (χ1v) is 8.21. The molecule has 0 spiro atoms. The van der Waals surface area contributed by atoms with E-state index >= 15 is 0 Å². The van der Waals surface area contributed by atoms with Gasteiger partial charge in [0, 0.05) is 6.42 Å². The van der Waals surface area contributed by atoms with E-state index in [-0.39, 0.29) is 23.7 Å². The smallest absolute Gasteiger partial charge is 0.354 e. The molecule has 2 atom stereocenters. The first-order chi connectivity index (χ1) is 12.5. The van der Waals surface area contributed by atoms with Gasteiger partial charge in [0.25, 0.3) is 0 Å². The second-order valence-electron chi connectivity index (χ2n) is 6.16. The summed E-state index contributed by atoms with van der Waals surface area (Å²) in [5.74, 6) is -1.53. The van der Waals surface area contributed by atoms with E-state index < -0.39 is 11.9 Å². The molecule has 2 heterocycles. The van der Waals surface area contributed by atoms with Gasteiger partial charge >= 0.3 is 11.9 Å². The van der Waals surface area contributed by atoms with Crippen molar-refractivity contribution in [2.45, 2.75) is 31.3 Å². The highest BCUT2D eigenvalue weighted by atomic mass is 16.5. The van der Waals surface area contributed by atoms with E-state index in [1.54, 1.807) is 28.8 Å². The first kappa shape index (κ1) is 17.7. The van der Waals surface area contributed by atoms with Crippen LogP contribution in [0.2, 0.25) is 0 Å². The number of benzene rings is 1. The largest absolute Gasteiger partial charge is 0.477 e. The highest BCUT2D eigenvalue weighted by molar-refractivity contribution is 5.89. The van der Waals surface area contributed by atoms with Crippen LogP contribution < -0.4 is 5.32 Å². The van der Waals surface area contributed by atoms with Gasteiger partial charge in [-0.3, -0.25) is 4.79 Å². The molecule has 2 aromatic rings. The first-order valence-electron chi connectivity index (χ1n) is 8.21. The number of carbonyl (C=O) groups excluding carboxylic acids is 2. The van der Waals surface area contributed by atoms with Crippen molar-refractivity contribution in [2.24, 2.45) is 0 Å². The molecule has 1 unspecified atom stereocenters. The summed E-state index contributed by atoms with van der Waals surface area (Å²) in [6.45, 7) is 0. The van der Waals surface area contributed by atoms with Crippen LogP contribution in [0.25, 0.3) is 0 Å². The lowest BCUT2D eigenvalue weighted by Gasteiger charge is -2.26. The van der Waals surface area contributed by atoms with E-state index in [1.807, 2.05) is 0 Å². The number of ether oxygens (including phenoxy) is 1. The van der Waals surface area contributed by atoms with Gasteiger partial charge in [0.2, 0.25) is 5.91 Å². The number of esters is 1. The van der Waals surface area contributed by atoms with Crippen molar-refractivity contribution >= 4 is 17.8 Å². The number of carbonyl (C=O) groups is 3. The van der Waals surface area contributed by atoms with Crippen LogP contribution in [0, 0.1) is 0 Å². The predicted octanol–water partition coefficient (Wildman–Crippen LogP) is 1.43. The summed E-state index contributed by atoms with van der Waals surface area (Å²) < 4.78 is 6.28. The molecular weight excluding hydrogens is 338 g/mol. The fourth-order valence-corrected chi connectivity index (χ4v) is 3.23. The summed E-state index contributed by atoms with van der Waals surface area (Å²) >= 11 is 0. The molecule has 1 amide bonds. The Balaban J connectivity index is 1.89. The minimum Gasteiger partial charge on any atom is -0.477 e. The molecule has 1 aliphatic rings. The molecule has 136 valence electrons. The minimum absolute atomic E-state index is 0.0435. The van der Waals surface area contributed by atoms with Gasteiger partial charge in [0.05, 0.1) is 37.3 Å². The number of amides is 1. The Morgan fingerprint density at radius 3 is 2.69 bits per heavy atom. The second-order valence-corrected chi connectivity index (χ2v) is 6.16. The summed E-state index contributed by atoms with van der Waals surface area (Å²) in [5.41, 5.74) is 1.42. The summed E-state index contributed by atoms with van der Waals surface area (Å²) in [7, 11) is 1.32. The van der Waals surface area contributed by atoms with Crippen LogP contribution in [0.5, 0.6) is 0 Å². The molecule has 8 nitrogen and oxygen atoms in total. The number of hydrogen-bond acceptors (Lipinski definition) is 5. The average Bonchev–Trinajstić information content (AvgIpc) is 3.28. The predicted molar refractivity (Wildman–Crippen MR) is 90.9 cm³/mol. The van der Waals surface area contributed by atoms with Crippen LogP contribution >= 0.6 is 0 Å². The molecule has 1 aromatic heterocycles. The van der Waals surface area contributed by atoms with Crippen molar-refractivity contribution in [1.82, 2.24) is 14.9 Å². The Morgan fingerprint density at radius 2 is 2.12 bits per heavy atom. The Hall–Kier alpha value is -3.16. The van der Waals surface area contributed by atoms with Gasteiger partial charge in [0.1, 0.15) is 5.69 Å². The fraction of sp³-hybridized carbons (Fsp3) is 0.333. The molecule has 3 rings (SSSR count). The number of carboxylic acids is 1. The highest BCUT2D eigenvalue weighted by Crippen LogP contribution is 2.26. The molecule has 2 N–H and O–H groups in total. The maximum Gasteiger partial charge on any atom is 0.354 e. The number of nitrogens with zero attached hydrogens (tertiary/aromatic N) is 2. The zero-order chi connectivity index (χ0) is 18.7. The lowest BCUT2D eigenvalue weighted by atomic mass is 9.97. The number of hydrogen-bond donors (Lipinski definition) is 2. The molecule has 0 saturated carbocycles. The molecule has 0 bridgehead atoms. The molecule has 0 radical (unpaired) electrons. The van der Waals surface area contributed by atoms with Crippen molar-refractivity contribution in [3.63, 3.8) is 0 Å². The van der Waals surface area contributed by atoms with Crippen LogP contribution in [0.1, 0.15) is 45.3 Å². The molecule has 1 fully saturated rings. The number of nitrogens with one attached hydrogen (secondary N) is 1. The van der Waals surface area contributed by atoms with Gasteiger partial charge in [-0.25, -0.2) is 14.6 Å². The molecular formula is C18H19N3O5. The van der Waals surface area contributed by atoms with Crippen molar-refractivity contribution in [3.8, 4) is 0 Å². The third-order valence-corrected chi connectivity index (χ3v) is 4.56. The maximum atomic E-state index is 11.6. The van der Waals surface area contributed by atoms with E-state index in [0.717, 1.165) is 5.56 Å². The topological polar surface area (TPSA) is 111 Å². The summed E-state index contributed by atoms with van der Waals surface area (Å²) in [6.07, 6.45) is 4.30. The molecule has 0 aliphatic carbocycles. The third-order valence-electron chi connectivity index (χ3n) is 4.56. The number of aromatic nitrogens is 2. The van der Waals surface area contributed by atoms with Crippen molar-refractivity contribution in [1.29, 1.82) is 0 Å². The summed E-state index contributed by atoms with van der Waals surface area (Å²) in [4.78, 5) is 38.6. The van der Waals surface area contributed by atoms with Crippen molar-refractivity contribution < 1.29 is 24.2 Å². The van der Waals surface area contributed by atoms with Crippen LogP contribution in [0.4, 0.5) is 0 Å². The van der Waals surface area contributed by atoms with E-state index in [2.05, 4.69) is 15.0 Å². The lowest BCUT2D eigenvalue weighted by Crippen LogP contribution is -2.36. The normalized spacial score (nSPS) is 17.6. The molecule has 1 aliphatic heterocycles. The number of rotatable bonds is 6. The Bertz CT molecular complexity index is 828. The SMILES string of the molecule is COC(=O)c1ccc(CC([C@@H]2CCC(=O)N2)n2cncc2C(=O)O)cc1. The van der Waals surface area contributed by atoms with Crippen LogP contribution in [-0.2, 0) is 16.0 Å². The monoisotopic (exact) mass is 357 g/mol. The van der Waals surface area contributed by atoms with E-state index in [4.69, 9.17) is 0 Å². The molecule has 1 aromatic carbocycles. The number of methoxy groups -OCH3 is 1. The van der Waals surface area contributed by atoms with Gasteiger partial charge < -0.3 is 19.7 Å². The Kier molecular flexibility index (Phi) is 5.01. The van der Waals surface area contributed by atoms with E-state index in [1.165, 1.54) is 19.6 Å². The zero-order valence-corrected chi connectivity index (χ0v) is 14.2. The number of aromatic carboxylic acids is 1. The highest BCUT2D eigenvalue weighted by Gasteiger charge is 2.32. The Morgan fingerprint density at radius 1 is 1.38 bits per heavy atom. The maximum absolute atomic E-state index is 11.6. The quantitative estimate of drug-likeness (QED) is 0.757. The lowest BCUT2D eigenvalue weighted by molar-refractivity contribution is -0.119. The minimum atomic E-state index is -1.07. The summed E-state index contributed by atoms with van der Waals surface area (Å²) in [6, 6.07) is 6.45. The summed E-state index contributed by atoms with van der Waals surface area (Å²) in [5, 5.41) is 12.3. The van der Waals surface area contributed by atoms with Gasteiger partial charge in [-0.1, -0.05) is 12.1 Å². The van der Waals surface area contributed by atoms with Gasteiger partial charge in [-0.05, 0) is 30.5 Å². The average molecular weight is 357 g/mol. The zero-order valence-electron chi connectivity index (χ0n) is 14.2. The number of imidazole rings is 1. The van der Waals surface area contributed by atoms with Crippen LogP contribution in [-0.4, -0.2) is 45.7 Å². The van der Waals surface area contributed by atoms with Gasteiger partial charge in [0.15, 0.2) is 0 Å². The molecule has 8 heteroatoms. The molecule has 1 saturated heterocycles. The Labute approximate surface area is 149 Å². The van der Waals surface area contributed by atoms with Crippen molar-refractivity contribution in [2.75, 3.05) is 7.11 Å².